The van der Waals surface area contributed by atoms with Gasteiger partial charge in [0.05, 0.1) is 45.5 Å². The lowest BCUT2D eigenvalue weighted by Gasteiger charge is -2.36. The second kappa shape index (κ2) is 47.4. The molecule has 0 spiro atoms. The molecule has 8 aromatic carbocycles. The molecule has 0 aliphatic carbocycles. The van der Waals surface area contributed by atoms with Crippen molar-refractivity contribution in [3.8, 4) is 0 Å². The van der Waals surface area contributed by atoms with E-state index in [0.717, 1.165) is 218 Å². The van der Waals surface area contributed by atoms with Crippen LogP contribution in [0.25, 0.3) is 0 Å². The van der Waals surface area contributed by atoms with Crippen LogP contribution in [0.5, 0.6) is 0 Å². The number of fused-ring (bicyclic) bond motifs is 8. The van der Waals surface area contributed by atoms with E-state index in [1.807, 2.05) is 148 Å². The van der Waals surface area contributed by atoms with E-state index in [9.17, 15) is 19.2 Å². The topological polar surface area (TPSA) is 192 Å². The Balaban J connectivity index is 0.000000145. The highest BCUT2D eigenvalue weighted by molar-refractivity contribution is 6.32. The number of anilines is 8. The van der Waals surface area contributed by atoms with Crippen molar-refractivity contribution in [3.05, 3.63) is 212 Å². The van der Waals surface area contributed by atoms with Crippen molar-refractivity contribution in [2.24, 2.45) is 20.0 Å². The number of amidine groups is 4. The highest BCUT2D eigenvalue weighted by atomic mass is 35.5. The molecule has 8 heterocycles. The first-order chi connectivity index (χ1) is 61.1. The molecule has 20 nitrogen and oxygen atoms in total. The number of unbranched alkanes of at least 4 members (excludes halogenated alkanes) is 20. The van der Waals surface area contributed by atoms with Gasteiger partial charge >= 0.3 is 0 Å². The summed E-state index contributed by atoms with van der Waals surface area (Å²) < 4.78 is 0. The van der Waals surface area contributed by atoms with E-state index in [4.69, 9.17) is 66.4 Å². The Kier molecular flexibility index (Phi) is 35.1. The number of piperazine rings is 4. The molecular weight excluding hydrogens is 1640 g/mol. The van der Waals surface area contributed by atoms with Gasteiger partial charge in [-0.25, -0.2) is 20.0 Å². The number of benzene rings is 8. The van der Waals surface area contributed by atoms with E-state index in [1.54, 1.807) is 6.92 Å². The van der Waals surface area contributed by atoms with Crippen LogP contribution in [0.2, 0.25) is 20.1 Å². The van der Waals surface area contributed by atoms with Gasteiger partial charge in [-0.3, -0.25) is 19.2 Å². The summed E-state index contributed by atoms with van der Waals surface area (Å²) in [5.41, 5.74) is 15.5. The Morgan fingerprint density at radius 2 is 0.496 bits per heavy atom. The summed E-state index contributed by atoms with van der Waals surface area (Å²) in [4.78, 5) is 86.2. The van der Waals surface area contributed by atoms with Crippen molar-refractivity contribution < 1.29 is 19.2 Å². The molecule has 4 fully saturated rings. The molecule has 662 valence electrons. The lowest BCUT2D eigenvalue weighted by atomic mass is 10.0. The average molecular weight is 1770 g/mol. The number of aliphatic imine (C=N–C) groups is 4. The first-order valence-corrected chi connectivity index (χ1v) is 47.7. The molecule has 4 amide bonds. The van der Waals surface area contributed by atoms with Crippen LogP contribution in [0, 0.1) is 0 Å². The predicted octanol–water partition coefficient (Wildman–Crippen LogP) is 24.3. The fourth-order valence-electron chi connectivity index (χ4n) is 17.4. The SMILES string of the molecule is CC(=O)N1CCN(C2=Nc3cc(Cl)ccc3Nc3ccccc32)CC1.CCC(=O)N1CCN(C2=Nc3cc(Cl)ccc3Nc3ccccc32)CC1.CCCCCCCCCCCC(=O)N1CCN(C2=Nc3cc(Cl)ccc3Nc3ccccc32)CC1.CCCCCCCCCCCCCCCC(=O)N1CCN(C2=Nc3cc(Cl)ccc3Nc3ccccc32)CC1. The number of halogens is 4. The molecule has 8 aliphatic heterocycles. The largest absolute Gasteiger partial charge is 0.353 e. The summed E-state index contributed by atoms with van der Waals surface area (Å²) in [6, 6.07) is 55.8. The molecule has 24 heteroatoms. The highest BCUT2D eigenvalue weighted by Gasteiger charge is 2.32. The van der Waals surface area contributed by atoms with Crippen molar-refractivity contribution >= 4 is 162 Å². The molecule has 4 saturated heterocycles. The molecule has 0 atom stereocenters. The third-order valence-corrected chi connectivity index (χ3v) is 25.5. The summed E-state index contributed by atoms with van der Waals surface area (Å²) in [5.74, 6) is 4.69. The number of hydrogen-bond donors (Lipinski definition) is 4. The minimum absolute atomic E-state index is 0.127. The molecular formula is C101H126Cl4N16O4. The van der Waals surface area contributed by atoms with Crippen LogP contribution in [-0.4, -0.2) is 191 Å². The van der Waals surface area contributed by atoms with Gasteiger partial charge in [0.15, 0.2) is 0 Å². The maximum atomic E-state index is 12.9. The number of rotatable bonds is 25. The van der Waals surface area contributed by atoms with Crippen LogP contribution in [0.4, 0.5) is 68.2 Å². The number of amides is 4. The lowest BCUT2D eigenvalue weighted by molar-refractivity contribution is -0.133. The first kappa shape index (κ1) is 92.5. The smallest absolute Gasteiger partial charge is 0.222 e. The molecule has 0 unspecified atom stereocenters. The van der Waals surface area contributed by atoms with Crippen LogP contribution in [-0.2, 0) is 19.2 Å². The number of carbonyl (C=O) groups excluding carboxylic acids is 4. The van der Waals surface area contributed by atoms with Crippen LogP contribution in [0.3, 0.4) is 0 Å². The second-order valence-corrected chi connectivity index (χ2v) is 35.3. The standard InChI is InChI=1S/C33H47ClN4O.C29H39ClN4O.C20H21ClN4O.C19H19ClN4O/c1-2-3-4-5-6-7-8-9-10-11-12-13-14-19-32(39)37-22-24-38(25-23-37)33-28-17-15-16-18-29(28)35-30-21-20-27(34)26-31(30)36-33;1-2-3-4-5-6-7-8-9-10-15-28(35)33-18-20-34(21-19-33)29-24-13-11-12-14-25(24)31-26-17-16-23(30)22-27(26)32-29;1-2-19(26)24-9-11-25(12-10-24)20-15-5-3-4-6-16(15)22-17-8-7-14(21)13-18(17)23-20;1-13(25)23-8-10-24(11-9-23)19-15-4-2-3-5-16(15)21-17-7-6-14(20)12-18(17)22-19/h15-18,20-21,26,35H,2-14,19,22-25H2,1H3;11-14,16-17,22,31H,2-10,15,18-21H2,1H3;3-8,13,22H,2,9-12H2,1H3;2-7,12,21H,8-11H2,1H3. The number of nitrogens with one attached hydrogen (secondary N) is 4. The van der Waals surface area contributed by atoms with Crippen molar-refractivity contribution in [1.29, 1.82) is 0 Å². The minimum Gasteiger partial charge on any atom is -0.353 e. The van der Waals surface area contributed by atoms with E-state index >= 15 is 0 Å². The van der Waals surface area contributed by atoms with Gasteiger partial charge in [-0.15, -0.1) is 0 Å². The number of carbonyl (C=O) groups is 4. The van der Waals surface area contributed by atoms with Gasteiger partial charge in [0, 0.05) is 196 Å². The molecule has 16 rings (SSSR count). The zero-order valence-electron chi connectivity index (χ0n) is 73.7. The second-order valence-electron chi connectivity index (χ2n) is 33.6. The Bertz CT molecular complexity index is 5060. The first-order valence-electron chi connectivity index (χ1n) is 46.2. The average Bonchev–Trinajstić information content (AvgIpc) is 1.68. The maximum absolute atomic E-state index is 12.9. The molecule has 4 N–H and O–H groups in total. The third-order valence-electron chi connectivity index (χ3n) is 24.6. The van der Waals surface area contributed by atoms with Gasteiger partial charge in [0.25, 0.3) is 0 Å². The van der Waals surface area contributed by atoms with Crippen LogP contribution >= 0.6 is 46.4 Å². The van der Waals surface area contributed by atoms with Crippen molar-refractivity contribution in [3.63, 3.8) is 0 Å². The van der Waals surface area contributed by atoms with E-state index < -0.39 is 0 Å². The maximum Gasteiger partial charge on any atom is 0.222 e. The monoisotopic (exact) mass is 1770 g/mol. The van der Waals surface area contributed by atoms with Crippen LogP contribution in [0.15, 0.2) is 190 Å². The minimum atomic E-state index is 0.127. The van der Waals surface area contributed by atoms with Crippen molar-refractivity contribution in [1.82, 2.24) is 39.2 Å². The van der Waals surface area contributed by atoms with Gasteiger partial charge in [-0.2, -0.15) is 0 Å². The zero-order chi connectivity index (χ0) is 87.2. The Hall–Kier alpha value is -10.1. The molecule has 125 heavy (non-hydrogen) atoms. The summed E-state index contributed by atoms with van der Waals surface area (Å²) in [5, 5.41) is 16.6. The van der Waals surface area contributed by atoms with Gasteiger partial charge < -0.3 is 60.5 Å². The van der Waals surface area contributed by atoms with Crippen molar-refractivity contribution in [2.75, 3.05) is 126 Å². The zero-order valence-corrected chi connectivity index (χ0v) is 76.7. The number of para-hydroxylation sites is 4. The van der Waals surface area contributed by atoms with E-state index in [1.165, 1.54) is 128 Å². The van der Waals surface area contributed by atoms with Gasteiger partial charge in [-0.1, -0.05) is 244 Å². The Labute approximate surface area is 761 Å². The Morgan fingerprint density at radius 1 is 0.272 bits per heavy atom. The third kappa shape index (κ3) is 26.1. The van der Waals surface area contributed by atoms with E-state index in [0.29, 0.717) is 64.3 Å². The number of nitrogens with zero attached hydrogens (tertiary/aromatic N) is 12. The van der Waals surface area contributed by atoms with Crippen LogP contribution < -0.4 is 21.3 Å². The molecule has 0 radical (unpaired) electrons. The molecule has 0 aromatic heterocycles. The summed E-state index contributed by atoms with van der Waals surface area (Å²) in [6.07, 6.45) is 30.7. The van der Waals surface area contributed by atoms with E-state index in [2.05, 4.69) is 103 Å². The summed E-state index contributed by atoms with van der Waals surface area (Å²) in [6.45, 7) is 20.1. The molecule has 0 saturated carbocycles. The molecule has 0 bridgehead atoms. The fraction of sp³-hybridized carbons (Fsp3) is 0.446. The normalized spacial score (nSPS) is 15.5. The summed E-state index contributed by atoms with van der Waals surface area (Å²) in [7, 11) is 0. The number of hydrogen-bond acceptors (Lipinski definition) is 16. The predicted molar refractivity (Wildman–Crippen MR) is 520 cm³/mol. The quantitative estimate of drug-likeness (QED) is 0.0397. The van der Waals surface area contributed by atoms with E-state index in [-0.39, 0.29) is 11.8 Å². The van der Waals surface area contributed by atoms with Gasteiger partial charge in [0.1, 0.15) is 23.3 Å². The fourth-order valence-corrected chi connectivity index (χ4v) is 18.0. The summed E-state index contributed by atoms with van der Waals surface area (Å²) >= 11 is 24.9. The van der Waals surface area contributed by atoms with Crippen molar-refractivity contribution in [2.45, 2.75) is 188 Å². The Morgan fingerprint density at radius 3 is 0.736 bits per heavy atom. The van der Waals surface area contributed by atoms with Crippen LogP contribution in [0.1, 0.15) is 210 Å². The molecule has 8 aromatic rings. The lowest BCUT2D eigenvalue weighted by Crippen LogP contribution is -2.50. The van der Waals surface area contributed by atoms with Gasteiger partial charge in [0.2, 0.25) is 23.6 Å². The highest BCUT2D eigenvalue weighted by Crippen LogP contribution is 2.42. The van der Waals surface area contributed by atoms with Gasteiger partial charge in [-0.05, 0) is 134 Å². The molecule has 8 aliphatic rings.